The van der Waals surface area contributed by atoms with E-state index in [1.54, 1.807) is 0 Å². The van der Waals surface area contributed by atoms with Crippen molar-refractivity contribution in [3.63, 3.8) is 0 Å². The summed E-state index contributed by atoms with van der Waals surface area (Å²) in [6, 6.07) is 0. The normalized spacial score (nSPS) is 10.3. The van der Waals surface area contributed by atoms with Gasteiger partial charge in [0.15, 0.2) is 0 Å². The molecule has 0 fully saturated rings. The fourth-order valence-corrected chi connectivity index (χ4v) is 0. The first-order valence-electron chi connectivity index (χ1n) is 2.68. The molecule has 0 radical (unpaired) electrons. The molecule has 0 aliphatic carbocycles. The molecular formula is C2H10O10P2S. The Bertz CT molecular complexity index is 235. The summed E-state index contributed by atoms with van der Waals surface area (Å²) in [4.78, 5) is 30.9. The average molecular weight is 288 g/mol. The van der Waals surface area contributed by atoms with Crippen LogP contribution in [0.1, 0.15) is 0 Å². The van der Waals surface area contributed by atoms with Crippen molar-refractivity contribution < 1.29 is 46.2 Å². The maximum absolute atomic E-state index is 9.47. The smallest absolute Gasteiger partial charge is 0.303 e. The Morgan fingerprint density at radius 2 is 0.933 bits per heavy atom. The average Bonchev–Trinajstić information content (AvgIpc) is 2.04. The van der Waals surface area contributed by atoms with Crippen LogP contribution in [0, 0.1) is 0 Å². The van der Waals surface area contributed by atoms with Gasteiger partial charge in [-0.15, -0.1) is 0 Å². The monoisotopic (exact) mass is 288 g/mol. The van der Waals surface area contributed by atoms with Crippen molar-refractivity contribution >= 4 is 27.2 Å². The third-order valence-electron chi connectivity index (χ3n) is 0.476. The maximum atomic E-state index is 9.47. The van der Waals surface area contributed by atoms with E-state index in [1.165, 1.54) is 0 Å². The quantitative estimate of drug-likeness (QED) is 0.452. The Morgan fingerprint density at radius 3 is 0.933 bits per heavy atom. The first kappa shape index (κ1) is 20.5. The van der Waals surface area contributed by atoms with E-state index in [4.69, 9.17) is 28.0 Å². The minimum Gasteiger partial charge on any atom is -0.303 e. The van der Waals surface area contributed by atoms with Gasteiger partial charge in [-0.25, -0.2) is 9.13 Å². The first-order valence-corrected chi connectivity index (χ1v) is 6.41. The fraction of sp³-hybridized carbons (Fsp3) is 1.00. The van der Waals surface area contributed by atoms with Crippen LogP contribution in [-0.4, -0.2) is 42.2 Å². The Balaban J connectivity index is -0.000000153. The van der Waals surface area contributed by atoms with Crippen molar-refractivity contribution in [2.24, 2.45) is 0 Å². The Hall–Kier alpha value is 0.0400. The molecule has 0 amide bonds. The van der Waals surface area contributed by atoms with Crippen LogP contribution >= 0.6 is 15.6 Å². The Labute approximate surface area is 88.3 Å². The molecule has 10 nitrogen and oxygen atoms in total. The molecule has 0 saturated carbocycles. The van der Waals surface area contributed by atoms with Gasteiger partial charge in [0.2, 0.25) is 0 Å². The van der Waals surface area contributed by atoms with Crippen molar-refractivity contribution in [2.45, 2.75) is 0 Å². The predicted octanol–water partition coefficient (Wildman–Crippen LogP) is -1.22. The third kappa shape index (κ3) is 55.8. The molecule has 0 aromatic carbocycles. The lowest BCUT2D eigenvalue weighted by atomic mass is 11.8. The van der Waals surface area contributed by atoms with Crippen LogP contribution in [0.4, 0.5) is 0 Å². The molecule has 13 heteroatoms. The summed E-state index contributed by atoms with van der Waals surface area (Å²) in [5, 5.41) is 0. The van der Waals surface area contributed by atoms with Gasteiger partial charge in [-0.1, -0.05) is 0 Å². The lowest BCUT2D eigenvalue weighted by molar-refractivity contribution is 0.233. The summed E-state index contributed by atoms with van der Waals surface area (Å²) in [5.74, 6) is 0. The molecule has 0 spiro atoms. The van der Waals surface area contributed by atoms with Gasteiger partial charge in [0.1, 0.15) is 0 Å². The zero-order chi connectivity index (χ0) is 13.1. The molecule has 0 atom stereocenters. The summed E-state index contributed by atoms with van der Waals surface area (Å²) in [7, 11) is -6.40. The molecule has 94 valence electrons. The van der Waals surface area contributed by atoms with Crippen molar-refractivity contribution in [3.8, 4) is 0 Å². The topological polar surface area (TPSA) is 168 Å². The van der Waals surface area contributed by atoms with E-state index in [0.29, 0.717) is 0 Å². The van der Waals surface area contributed by atoms with Crippen LogP contribution in [0.3, 0.4) is 0 Å². The Morgan fingerprint density at radius 1 is 0.867 bits per heavy atom. The second-order valence-electron chi connectivity index (χ2n) is 1.41. The van der Waals surface area contributed by atoms with Gasteiger partial charge in [-0.3, -0.25) is 9.05 Å². The second-order valence-corrected chi connectivity index (χ2v) is 4.24. The summed E-state index contributed by atoms with van der Waals surface area (Å²) in [6.07, 6.45) is 0. The molecule has 0 rings (SSSR count). The van der Waals surface area contributed by atoms with Crippen molar-refractivity contribution in [1.82, 2.24) is 0 Å². The summed E-state index contributed by atoms with van der Waals surface area (Å²) < 4.78 is 42.7. The third-order valence-corrected chi connectivity index (χ3v) is 1.43. The van der Waals surface area contributed by atoms with Crippen molar-refractivity contribution in [1.29, 1.82) is 0 Å². The largest absolute Gasteiger partial charge is 0.469 e. The van der Waals surface area contributed by atoms with Gasteiger partial charge in [0, 0.05) is 14.2 Å². The van der Waals surface area contributed by atoms with Gasteiger partial charge >= 0.3 is 27.2 Å². The lowest BCUT2D eigenvalue weighted by Crippen LogP contribution is -1.76. The van der Waals surface area contributed by atoms with Crippen LogP contribution in [0.2, 0.25) is 0 Å². The predicted molar refractivity (Wildman–Crippen MR) is 47.0 cm³/mol. The van der Waals surface area contributed by atoms with E-state index in [-0.39, 0.29) is 0 Å². The lowest BCUT2D eigenvalue weighted by Gasteiger charge is -1.93. The van der Waals surface area contributed by atoms with Gasteiger partial charge in [-0.05, 0) is 0 Å². The van der Waals surface area contributed by atoms with Crippen molar-refractivity contribution in [2.75, 3.05) is 14.2 Å². The summed E-state index contributed by atoms with van der Waals surface area (Å²) in [6.45, 7) is 0. The highest BCUT2D eigenvalue weighted by molar-refractivity contribution is 7.51. The number of hydrogen-bond donors (Lipinski definition) is 4. The highest BCUT2D eigenvalue weighted by Crippen LogP contribution is 2.33. The van der Waals surface area contributed by atoms with Crippen LogP contribution in [0.5, 0.6) is 0 Å². The fourth-order valence-electron chi connectivity index (χ4n) is 0. The first-order chi connectivity index (χ1) is 6.54. The van der Waals surface area contributed by atoms with Crippen LogP contribution in [-0.2, 0) is 29.7 Å². The molecule has 15 heavy (non-hydrogen) atoms. The molecular weight excluding hydrogens is 278 g/mol. The van der Waals surface area contributed by atoms with E-state index in [1.807, 2.05) is 0 Å². The van der Waals surface area contributed by atoms with Crippen molar-refractivity contribution in [3.05, 3.63) is 0 Å². The van der Waals surface area contributed by atoms with Crippen LogP contribution < -0.4 is 0 Å². The summed E-state index contributed by atoms with van der Waals surface area (Å²) in [5.41, 5.74) is 0. The van der Waals surface area contributed by atoms with Crippen LogP contribution in [0.15, 0.2) is 0 Å². The Kier molecular flexibility index (Phi) is 14.4. The number of phosphoric ester groups is 2. The van der Waals surface area contributed by atoms with E-state index in [0.717, 1.165) is 14.2 Å². The molecule has 0 bridgehead atoms. The van der Waals surface area contributed by atoms with Crippen LogP contribution in [0.25, 0.3) is 0 Å². The molecule has 0 saturated heterocycles. The summed E-state index contributed by atoms with van der Waals surface area (Å²) >= 11 is -0.750. The zero-order valence-electron chi connectivity index (χ0n) is 7.54. The molecule has 0 aliphatic heterocycles. The van der Waals surface area contributed by atoms with Gasteiger partial charge in [-0.2, -0.15) is 8.42 Å². The van der Waals surface area contributed by atoms with E-state index in [9.17, 15) is 9.13 Å². The standard InChI is InChI=1S/2CH5O4P.O2S/c2*1-5-6(2,3)4;1-3-2/h2*1H3,(H2,2,3,4);. The molecule has 0 heterocycles. The molecule has 0 unspecified atom stereocenters. The van der Waals surface area contributed by atoms with E-state index >= 15 is 0 Å². The minimum atomic E-state index is -4.15. The SMILES string of the molecule is COP(=O)(O)O.COP(=O)(O)O.O=S=O. The maximum Gasteiger partial charge on any atom is 0.469 e. The molecule has 0 aromatic rings. The van der Waals surface area contributed by atoms with Gasteiger partial charge < -0.3 is 19.6 Å². The van der Waals surface area contributed by atoms with E-state index in [2.05, 4.69) is 9.05 Å². The number of rotatable bonds is 2. The van der Waals surface area contributed by atoms with Gasteiger partial charge in [0.25, 0.3) is 0 Å². The molecule has 4 N–H and O–H groups in total. The van der Waals surface area contributed by atoms with E-state index < -0.39 is 27.2 Å². The molecule has 0 aliphatic rings. The molecule has 0 aromatic heterocycles. The highest BCUT2D eigenvalue weighted by atomic mass is 32.1. The second kappa shape index (κ2) is 10.6. The van der Waals surface area contributed by atoms with Gasteiger partial charge in [0.05, 0.1) is 0 Å². The number of hydrogen-bond acceptors (Lipinski definition) is 6. The minimum absolute atomic E-state index is 0.750. The highest BCUT2D eigenvalue weighted by Gasteiger charge is 2.07. The zero-order valence-corrected chi connectivity index (χ0v) is 10.1. The number of phosphoric acid groups is 2.